The monoisotopic (exact) mass is 781 g/mol. The molecule has 284 valence electrons. The summed E-state index contributed by atoms with van der Waals surface area (Å²) < 4.78 is 19.9. The van der Waals surface area contributed by atoms with Crippen LogP contribution in [-0.4, -0.2) is 15.0 Å². The van der Waals surface area contributed by atoms with Gasteiger partial charge in [-0.1, -0.05) is 146 Å². The molecule has 0 atom stereocenters. The first-order chi connectivity index (χ1) is 30.2. The van der Waals surface area contributed by atoms with E-state index in [0.29, 0.717) is 23.1 Å². The van der Waals surface area contributed by atoms with E-state index in [0.717, 1.165) is 98.8 Å². The van der Waals surface area contributed by atoms with Gasteiger partial charge < -0.3 is 13.3 Å². The minimum Gasteiger partial charge on any atom is -0.456 e. The molecule has 61 heavy (non-hydrogen) atoms. The Bertz CT molecular complexity index is 3880. The fraction of sp³-hybridized carbons (Fsp3) is 0. The van der Waals surface area contributed by atoms with Gasteiger partial charge in [-0.15, -0.1) is 0 Å². The minimum absolute atomic E-state index is 0.492. The van der Waals surface area contributed by atoms with Crippen molar-refractivity contribution in [3.63, 3.8) is 0 Å². The second-order valence-corrected chi connectivity index (χ2v) is 15.5. The summed E-state index contributed by atoms with van der Waals surface area (Å²) in [6, 6.07) is 64.6. The maximum absolute atomic E-state index is 6.82. The molecule has 0 aliphatic carbocycles. The molecule has 0 saturated carbocycles. The Morgan fingerprint density at radius 1 is 0.279 bits per heavy atom. The normalized spacial score (nSPS) is 11.9. The number of furan rings is 3. The van der Waals surface area contributed by atoms with E-state index in [-0.39, 0.29) is 0 Å². The van der Waals surface area contributed by atoms with Crippen LogP contribution < -0.4 is 0 Å². The van der Waals surface area contributed by atoms with Crippen molar-refractivity contribution in [2.24, 2.45) is 0 Å². The molecule has 0 N–H and O–H groups in total. The fourth-order valence-corrected chi connectivity index (χ4v) is 9.04. The van der Waals surface area contributed by atoms with Crippen LogP contribution in [0, 0.1) is 0 Å². The summed E-state index contributed by atoms with van der Waals surface area (Å²) in [7, 11) is 0. The molecule has 0 bridgehead atoms. The third-order valence-corrected chi connectivity index (χ3v) is 12.0. The molecule has 0 radical (unpaired) electrons. The van der Waals surface area contributed by atoms with E-state index >= 15 is 0 Å². The predicted molar refractivity (Wildman–Crippen MR) is 246 cm³/mol. The van der Waals surface area contributed by atoms with Crippen LogP contribution in [0.4, 0.5) is 0 Å². The average Bonchev–Trinajstić information content (AvgIpc) is 4.03. The van der Waals surface area contributed by atoms with E-state index < -0.39 is 0 Å². The number of benzene rings is 9. The molecular formula is C55H31N3O3. The lowest BCUT2D eigenvalue weighted by molar-refractivity contribution is 0.668. The third kappa shape index (κ3) is 5.26. The van der Waals surface area contributed by atoms with Crippen LogP contribution in [0.3, 0.4) is 0 Å². The molecular weight excluding hydrogens is 751 g/mol. The van der Waals surface area contributed by atoms with Crippen LogP contribution >= 0.6 is 0 Å². The topological polar surface area (TPSA) is 78.1 Å². The summed E-state index contributed by atoms with van der Waals surface area (Å²) >= 11 is 0. The molecule has 13 aromatic rings. The Hall–Kier alpha value is -8.35. The van der Waals surface area contributed by atoms with Crippen molar-refractivity contribution < 1.29 is 13.3 Å². The standard InChI is InChI=1S/C55H31N3O3/c1-2-11-32(12-3-1)33-23-25-34(26-24-33)36-28-30-47-45(31-36)49-42(18-10-22-48(49)59-47)53-56-54(43-19-8-16-39-38-15-6-7-21-46(38)60-51(39)43)58-55(57-53)44-20-9-17-40-41-29-27-35-13-4-5-14-37(35)50(41)61-52(40)44/h1-31H. The van der Waals surface area contributed by atoms with Crippen LogP contribution in [0.5, 0.6) is 0 Å². The van der Waals surface area contributed by atoms with Crippen molar-refractivity contribution >= 4 is 76.6 Å². The summed E-state index contributed by atoms with van der Waals surface area (Å²) in [4.78, 5) is 15.8. The largest absolute Gasteiger partial charge is 0.456 e. The molecule has 6 nitrogen and oxygen atoms in total. The molecule has 0 fully saturated rings. The number of para-hydroxylation sites is 3. The highest BCUT2D eigenvalue weighted by atomic mass is 16.3. The van der Waals surface area contributed by atoms with Gasteiger partial charge in [0.15, 0.2) is 17.5 Å². The van der Waals surface area contributed by atoms with E-state index in [1.165, 1.54) is 11.1 Å². The summed E-state index contributed by atoms with van der Waals surface area (Å²) in [6.45, 7) is 0. The van der Waals surface area contributed by atoms with Crippen LogP contribution in [0.15, 0.2) is 201 Å². The highest BCUT2D eigenvalue weighted by molar-refractivity contribution is 6.17. The lowest BCUT2D eigenvalue weighted by Gasteiger charge is -2.10. The van der Waals surface area contributed by atoms with Crippen LogP contribution in [0.25, 0.3) is 133 Å². The Labute approximate surface area is 348 Å². The SMILES string of the molecule is c1ccc(-c2ccc(-c3ccc4oc5cccc(-c6nc(-c7cccc8c7oc7ccccc78)nc(-c7cccc8c7oc7c9ccccc9ccc87)n6)c5c4c3)cc2)cc1. The van der Waals surface area contributed by atoms with E-state index in [4.69, 9.17) is 28.2 Å². The Morgan fingerprint density at radius 3 is 1.59 bits per heavy atom. The van der Waals surface area contributed by atoms with Gasteiger partial charge in [-0.05, 0) is 70.1 Å². The van der Waals surface area contributed by atoms with E-state index in [2.05, 4.69) is 115 Å². The van der Waals surface area contributed by atoms with E-state index in [9.17, 15) is 0 Å². The van der Waals surface area contributed by atoms with Crippen LogP contribution in [-0.2, 0) is 0 Å². The minimum atomic E-state index is 0.492. The quantitative estimate of drug-likeness (QED) is 0.173. The maximum Gasteiger partial charge on any atom is 0.167 e. The fourth-order valence-electron chi connectivity index (χ4n) is 9.04. The number of hydrogen-bond donors (Lipinski definition) is 0. The van der Waals surface area contributed by atoms with Gasteiger partial charge in [0.1, 0.15) is 33.5 Å². The molecule has 0 saturated heterocycles. The smallest absolute Gasteiger partial charge is 0.167 e. The molecule has 13 rings (SSSR count). The lowest BCUT2D eigenvalue weighted by Crippen LogP contribution is -2.01. The average molecular weight is 782 g/mol. The van der Waals surface area contributed by atoms with Gasteiger partial charge >= 0.3 is 0 Å². The van der Waals surface area contributed by atoms with Crippen LogP contribution in [0.1, 0.15) is 0 Å². The summed E-state index contributed by atoms with van der Waals surface area (Å²) in [5.41, 5.74) is 11.5. The molecule has 0 unspecified atom stereocenters. The second kappa shape index (κ2) is 13.1. The molecule has 6 heteroatoms. The Balaban J connectivity index is 1.04. The van der Waals surface area contributed by atoms with E-state index in [1.807, 2.05) is 72.8 Å². The molecule has 0 aliphatic heterocycles. The zero-order chi connectivity index (χ0) is 40.0. The van der Waals surface area contributed by atoms with Crippen molar-refractivity contribution in [2.75, 3.05) is 0 Å². The first-order valence-corrected chi connectivity index (χ1v) is 20.3. The van der Waals surface area contributed by atoms with Gasteiger partial charge in [0.2, 0.25) is 0 Å². The molecule has 4 heterocycles. The van der Waals surface area contributed by atoms with Gasteiger partial charge in [-0.25, -0.2) is 15.0 Å². The van der Waals surface area contributed by atoms with Gasteiger partial charge in [0.05, 0.1) is 11.1 Å². The summed E-state index contributed by atoms with van der Waals surface area (Å²) in [5.74, 6) is 1.50. The maximum atomic E-state index is 6.82. The first kappa shape index (κ1) is 33.6. The molecule has 9 aromatic carbocycles. The van der Waals surface area contributed by atoms with Crippen molar-refractivity contribution in [3.05, 3.63) is 188 Å². The van der Waals surface area contributed by atoms with Crippen molar-refractivity contribution in [1.29, 1.82) is 0 Å². The van der Waals surface area contributed by atoms with Gasteiger partial charge in [0.25, 0.3) is 0 Å². The third-order valence-electron chi connectivity index (χ3n) is 12.0. The molecule has 0 aliphatic rings. The van der Waals surface area contributed by atoms with Gasteiger partial charge in [-0.2, -0.15) is 0 Å². The number of rotatable bonds is 5. The van der Waals surface area contributed by atoms with Crippen LogP contribution in [0.2, 0.25) is 0 Å². The highest BCUT2D eigenvalue weighted by Crippen LogP contribution is 2.42. The van der Waals surface area contributed by atoms with Crippen molar-refractivity contribution in [2.45, 2.75) is 0 Å². The van der Waals surface area contributed by atoms with Gasteiger partial charge in [-0.3, -0.25) is 0 Å². The second-order valence-electron chi connectivity index (χ2n) is 15.5. The number of hydrogen-bond acceptors (Lipinski definition) is 6. The zero-order valence-corrected chi connectivity index (χ0v) is 32.5. The summed E-state index contributed by atoms with van der Waals surface area (Å²) in [5, 5.41) is 8.14. The predicted octanol–water partition coefficient (Wildman–Crippen LogP) is 15.1. The molecule has 0 amide bonds. The lowest BCUT2D eigenvalue weighted by atomic mass is 9.98. The molecule has 4 aromatic heterocycles. The number of aromatic nitrogens is 3. The first-order valence-electron chi connectivity index (χ1n) is 20.3. The number of fused-ring (bicyclic) bond motifs is 11. The Kier molecular flexibility index (Phi) is 7.21. The Morgan fingerprint density at radius 2 is 0.803 bits per heavy atom. The van der Waals surface area contributed by atoms with Gasteiger partial charge in [0, 0.05) is 43.3 Å². The van der Waals surface area contributed by atoms with Crippen molar-refractivity contribution in [3.8, 4) is 56.4 Å². The van der Waals surface area contributed by atoms with Crippen molar-refractivity contribution in [1.82, 2.24) is 15.0 Å². The zero-order valence-electron chi connectivity index (χ0n) is 32.5. The number of nitrogens with zero attached hydrogens (tertiary/aromatic N) is 3. The molecule has 0 spiro atoms. The summed E-state index contributed by atoms with van der Waals surface area (Å²) in [6.07, 6.45) is 0. The highest BCUT2D eigenvalue weighted by Gasteiger charge is 2.23. The van der Waals surface area contributed by atoms with E-state index in [1.54, 1.807) is 0 Å².